The third kappa shape index (κ3) is 3.51. The zero-order valence-electron chi connectivity index (χ0n) is 13.6. The fourth-order valence-electron chi connectivity index (χ4n) is 2.44. The largest absolute Gasteiger partial charge is 0.370 e. The third-order valence-corrected chi connectivity index (χ3v) is 3.61. The summed E-state index contributed by atoms with van der Waals surface area (Å²) in [5.74, 6) is 2.71. The predicted molar refractivity (Wildman–Crippen MR) is 89.0 cm³/mol. The minimum absolute atomic E-state index is 0.795. The summed E-state index contributed by atoms with van der Waals surface area (Å²) >= 11 is 0. The van der Waals surface area contributed by atoms with Crippen LogP contribution in [0.25, 0.3) is 0 Å². The van der Waals surface area contributed by atoms with Crippen molar-refractivity contribution in [2.45, 2.75) is 34.2 Å². The van der Waals surface area contributed by atoms with Gasteiger partial charge in [-0.2, -0.15) is 0 Å². The second-order valence-corrected chi connectivity index (χ2v) is 5.38. The van der Waals surface area contributed by atoms with Crippen LogP contribution in [0.1, 0.15) is 29.4 Å². The Kier molecular flexibility index (Phi) is 4.78. The number of nitrogens with one attached hydrogen (secondary N) is 1. The first-order valence-electron chi connectivity index (χ1n) is 7.37. The van der Waals surface area contributed by atoms with E-state index in [0.29, 0.717) is 0 Å². The van der Waals surface area contributed by atoms with Gasteiger partial charge in [0.1, 0.15) is 17.5 Å². The van der Waals surface area contributed by atoms with Crippen molar-refractivity contribution in [3.05, 3.63) is 46.8 Å². The lowest BCUT2D eigenvalue weighted by molar-refractivity contribution is 0.864. The summed E-state index contributed by atoms with van der Waals surface area (Å²) in [6.07, 6.45) is 0. The Balaban J connectivity index is 2.31. The first kappa shape index (κ1) is 15.3. The van der Waals surface area contributed by atoms with E-state index in [1.165, 1.54) is 11.1 Å². The molecule has 1 heterocycles. The van der Waals surface area contributed by atoms with Gasteiger partial charge in [0.25, 0.3) is 0 Å². The number of rotatable bonds is 5. The highest BCUT2D eigenvalue weighted by atomic mass is 15.2. The molecule has 0 unspecified atom stereocenters. The summed E-state index contributed by atoms with van der Waals surface area (Å²) in [5.41, 5.74) is 3.72. The van der Waals surface area contributed by atoms with E-state index in [4.69, 9.17) is 0 Å². The molecule has 2 aromatic rings. The molecule has 112 valence electrons. The smallest absolute Gasteiger partial charge is 0.137 e. The molecule has 1 N–H and O–H groups in total. The summed E-state index contributed by atoms with van der Waals surface area (Å²) in [6, 6.07) is 8.46. The summed E-state index contributed by atoms with van der Waals surface area (Å²) in [5, 5.41) is 3.31. The molecule has 0 aliphatic rings. The molecule has 0 radical (unpaired) electrons. The molecule has 0 fully saturated rings. The van der Waals surface area contributed by atoms with Gasteiger partial charge in [-0.1, -0.05) is 24.3 Å². The van der Waals surface area contributed by atoms with Gasteiger partial charge in [-0.25, -0.2) is 9.97 Å². The van der Waals surface area contributed by atoms with Gasteiger partial charge in [0.15, 0.2) is 0 Å². The highest BCUT2D eigenvalue weighted by Gasteiger charge is 2.13. The molecule has 0 spiro atoms. The Morgan fingerprint density at radius 2 is 1.81 bits per heavy atom. The quantitative estimate of drug-likeness (QED) is 0.912. The van der Waals surface area contributed by atoms with Crippen LogP contribution in [0.15, 0.2) is 24.3 Å². The van der Waals surface area contributed by atoms with Gasteiger partial charge in [0.05, 0.1) is 0 Å². The van der Waals surface area contributed by atoms with E-state index in [2.05, 4.69) is 72.3 Å². The fraction of sp³-hybridized carbons (Fsp3) is 0.412. The van der Waals surface area contributed by atoms with Crippen LogP contribution in [0.2, 0.25) is 0 Å². The lowest BCUT2D eigenvalue weighted by Crippen LogP contribution is -2.21. The Labute approximate surface area is 127 Å². The molecule has 0 aliphatic carbocycles. The number of anilines is 2. The van der Waals surface area contributed by atoms with Gasteiger partial charge in [-0.15, -0.1) is 0 Å². The van der Waals surface area contributed by atoms with Crippen LogP contribution < -0.4 is 10.2 Å². The maximum Gasteiger partial charge on any atom is 0.137 e. The monoisotopic (exact) mass is 284 g/mol. The first-order chi connectivity index (χ1) is 10.0. The number of aromatic nitrogens is 2. The number of hydrogen-bond acceptors (Lipinski definition) is 4. The van der Waals surface area contributed by atoms with Crippen molar-refractivity contribution in [3.63, 3.8) is 0 Å². The van der Waals surface area contributed by atoms with Gasteiger partial charge < -0.3 is 10.2 Å². The van der Waals surface area contributed by atoms with E-state index in [0.717, 1.165) is 36.1 Å². The number of nitrogens with zero attached hydrogens (tertiary/aromatic N) is 3. The minimum Gasteiger partial charge on any atom is -0.370 e. The average Bonchev–Trinajstić information content (AvgIpc) is 2.45. The molecule has 0 bridgehead atoms. The van der Waals surface area contributed by atoms with Gasteiger partial charge in [-0.05, 0) is 38.8 Å². The predicted octanol–water partition coefficient (Wildman–Crippen LogP) is 3.47. The molecule has 0 amide bonds. The zero-order chi connectivity index (χ0) is 15.4. The summed E-state index contributed by atoms with van der Waals surface area (Å²) in [7, 11) is 2.08. The normalized spacial score (nSPS) is 10.5. The van der Waals surface area contributed by atoms with E-state index in [1.807, 2.05) is 6.92 Å². The van der Waals surface area contributed by atoms with Gasteiger partial charge in [0.2, 0.25) is 0 Å². The molecular formula is C17H24N4. The highest BCUT2D eigenvalue weighted by molar-refractivity contribution is 5.58. The average molecular weight is 284 g/mol. The van der Waals surface area contributed by atoms with Crippen LogP contribution >= 0.6 is 0 Å². The molecule has 4 heteroatoms. The van der Waals surface area contributed by atoms with Crippen molar-refractivity contribution in [2.24, 2.45) is 0 Å². The third-order valence-electron chi connectivity index (χ3n) is 3.61. The van der Waals surface area contributed by atoms with Gasteiger partial charge >= 0.3 is 0 Å². The summed E-state index contributed by atoms with van der Waals surface area (Å²) < 4.78 is 0. The van der Waals surface area contributed by atoms with Crippen LogP contribution in [-0.4, -0.2) is 23.6 Å². The fourth-order valence-corrected chi connectivity index (χ4v) is 2.44. The molecule has 0 saturated carbocycles. The van der Waals surface area contributed by atoms with E-state index in [9.17, 15) is 0 Å². The second kappa shape index (κ2) is 6.57. The zero-order valence-corrected chi connectivity index (χ0v) is 13.6. The second-order valence-electron chi connectivity index (χ2n) is 5.38. The van der Waals surface area contributed by atoms with E-state index in [1.54, 1.807) is 0 Å². The van der Waals surface area contributed by atoms with Crippen LogP contribution in [0.3, 0.4) is 0 Å². The molecule has 21 heavy (non-hydrogen) atoms. The maximum absolute atomic E-state index is 4.62. The van der Waals surface area contributed by atoms with E-state index >= 15 is 0 Å². The van der Waals surface area contributed by atoms with Gasteiger partial charge in [-0.3, -0.25) is 0 Å². The topological polar surface area (TPSA) is 41.1 Å². The minimum atomic E-state index is 0.795. The summed E-state index contributed by atoms with van der Waals surface area (Å²) in [6.45, 7) is 9.93. The van der Waals surface area contributed by atoms with Crippen molar-refractivity contribution in [3.8, 4) is 0 Å². The van der Waals surface area contributed by atoms with Crippen LogP contribution in [0.4, 0.5) is 11.6 Å². The molecule has 2 rings (SSSR count). The summed E-state index contributed by atoms with van der Waals surface area (Å²) in [4.78, 5) is 11.3. The molecular weight excluding hydrogens is 260 g/mol. The Morgan fingerprint density at radius 3 is 2.48 bits per heavy atom. The highest BCUT2D eigenvalue weighted by Crippen LogP contribution is 2.24. The van der Waals surface area contributed by atoms with Crippen molar-refractivity contribution >= 4 is 11.6 Å². The van der Waals surface area contributed by atoms with E-state index < -0.39 is 0 Å². The first-order valence-corrected chi connectivity index (χ1v) is 7.37. The van der Waals surface area contributed by atoms with E-state index in [-0.39, 0.29) is 0 Å². The molecule has 0 atom stereocenters. The van der Waals surface area contributed by atoms with Crippen molar-refractivity contribution in [1.82, 2.24) is 9.97 Å². The number of hydrogen-bond donors (Lipinski definition) is 1. The number of benzene rings is 1. The number of aryl methyl sites for hydroxylation is 2. The Bertz CT molecular complexity index is 622. The molecule has 1 aromatic carbocycles. The van der Waals surface area contributed by atoms with Crippen molar-refractivity contribution in [1.29, 1.82) is 0 Å². The lowest BCUT2D eigenvalue weighted by Gasteiger charge is -2.23. The lowest BCUT2D eigenvalue weighted by atomic mass is 10.1. The Hall–Kier alpha value is -2.10. The molecule has 4 nitrogen and oxygen atoms in total. The van der Waals surface area contributed by atoms with Crippen LogP contribution in [0.5, 0.6) is 0 Å². The maximum atomic E-state index is 4.62. The van der Waals surface area contributed by atoms with Gasteiger partial charge in [0, 0.05) is 25.7 Å². The Morgan fingerprint density at radius 1 is 1.10 bits per heavy atom. The van der Waals surface area contributed by atoms with Crippen LogP contribution in [-0.2, 0) is 6.54 Å². The SMILES string of the molecule is CCNc1nc(C)nc(N(C)Cc2ccccc2C)c1C. The van der Waals surface area contributed by atoms with Crippen LogP contribution in [0, 0.1) is 20.8 Å². The van der Waals surface area contributed by atoms with Crippen molar-refractivity contribution in [2.75, 3.05) is 23.8 Å². The molecule has 0 saturated heterocycles. The van der Waals surface area contributed by atoms with Crippen molar-refractivity contribution < 1.29 is 0 Å². The standard InChI is InChI=1S/C17H24N4/c1-6-18-16-13(3)17(20-14(4)19-16)21(5)11-15-10-8-7-9-12(15)2/h7-10H,6,11H2,1-5H3,(H,18,19,20). The molecule has 0 aliphatic heterocycles. The molecule has 1 aromatic heterocycles.